The fourth-order valence-electron chi connectivity index (χ4n) is 3.98. The van der Waals surface area contributed by atoms with Crippen molar-refractivity contribution in [2.75, 3.05) is 20.3 Å². The number of aliphatic hydroxyl groups is 1. The molecule has 0 saturated carbocycles. The Hall–Kier alpha value is -1.88. The largest absolute Gasteiger partial charge is 0.489 e. The van der Waals surface area contributed by atoms with E-state index < -0.39 is 5.60 Å². The van der Waals surface area contributed by atoms with Crippen molar-refractivity contribution in [1.82, 2.24) is 4.90 Å². The van der Waals surface area contributed by atoms with Crippen LogP contribution in [0, 0.1) is 0 Å². The maximum Gasteiger partial charge on any atom is 0.119 e. The van der Waals surface area contributed by atoms with Crippen molar-refractivity contribution in [3.05, 3.63) is 65.7 Å². The van der Waals surface area contributed by atoms with E-state index in [0.29, 0.717) is 32.7 Å². The second-order valence-electron chi connectivity index (χ2n) is 7.25. The minimum absolute atomic E-state index is 0.284. The summed E-state index contributed by atoms with van der Waals surface area (Å²) < 4.78 is 11.5. The summed E-state index contributed by atoms with van der Waals surface area (Å²) in [6.45, 7) is 1.96. The molecule has 132 valence electrons. The Balaban J connectivity index is 1.44. The molecule has 4 heteroatoms. The van der Waals surface area contributed by atoms with E-state index in [4.69, 9.17) is 9.47 Å². The van der Waals surface area contributed by atoms with E-state index in [1.807, 2.05) is 42.5 Å². The lowest BCUT2D eigenvalue weighted by Gasteiger charge is -2.50. The van der Waals surface area contributed by atoms with Crippen molar-refractivity contribution in [2.24, 2.45) is 0 Å². The van der Waals surface area contributed by atoms with E-state index >= 15 is 0 Å². The van der Waals surface area contributed by atoms with Crippen molar-refractivity contribution in [3.8, 4) is 5.75 Å². The number of fused-ring (bicyclic) bond motifs is 2. The molecule has 2 atom stereocenters. The Morgan fingerprint density at radius 2 is 1.68 bits per heavy atom. The highest BCUT2D eigenvalue weighted by Gasteiger charge is 2.45. The van der Waals surface area contributed by atoms with Gasteiger partial charge in [0.1, 0.15) is 12.4 Å². The zero-order valence-electron chi connectivity index (χ0n) is 14.6. The average molecular weight is 339 g/mol. The number of hydrogen-bond donors (Lipinski definition) is 1. The van der Waals surface area contributed by atoms with E-state index in [2.05, 4.69) is 24.1 Å². The molecular weight excluding hydrogens is 314 g/mol. The van der Waals surface area contributed by atoms with Crippen LogP contribution in [-0.4, -0.2) is 42.4 Å². The first-order chi connectivity index (χ1) is 12.1. The molecule has 2 aliphatic heterocycles. The molecule has 0 spiro atoms. The fourth-order valence-corrected chi connectivity index (χ4v) is 3.98. The van der Waals surface area contributed by atoms with Gasteiger partial charge in [-0.2, -0.15) is 0 Å². The summed E-state index contributed by atoms with van der Waals surface area (Å²) in [7, 11) is 2.14. The number of benzene rings is 2. The summed E-state index contributed by atoms with van der Waals surface area (Å²) in [5.74, 6) is 0.827. The monoisotopic (exact) mass is 339 g/mol. The Morgan fingerprint density at radius 1 is 1.04 bits per heavy atom. The molecule has 2 aromatic carbocycles. The zero-order chi connectivity index (χ0) is 17.3. The van der Waals surface area contributed by atoms with Crippen LogP contribution in [0.2, 0.25) is 0 Å². The SMILES string of the molecule is CN1C2COCC1CC(O)(c1ccc(OCc3ccccc3)cc1)C2. The molecule has 2 aromatic rings. The molecule has 2 heterocycles. The third-order valence-corrected chi connectivity index (χ3v) is 5.56. The van der Waals surface area contributed by atoms with Crippen LogP contribution in [0.4, 0.5) is 0 Å². The van der Waals surface area contributed by atoms with Crippen molar-refractivity contribution in [3.63, 3.8) is 0 Å². The number of hydrogen-bond acceptors (Lipinski definition) is 4. The number of likely N-dealkylation sites (N-methyl/N-ethyl adjacent to an activating group) is 1. The Kier molecular flexibility index (Phi) is 4.50. The highest BCUT2D eigenvalue weighted by atomic mass is 16.5. The molecule has 2 aliphatic rings. The van der Waals surface area contributed by atoms with Crippen LogP contribution in [0.1, 0.15) is 24.0 Å². The third-order valence-electron chi connectivity index (χ3n) is 5.56. The minimum Gasteiger partial charge on any atom is -0.489 e. The molecule has 2 unspecified atom stereocenters. The quantitative estimate of drug-likeness (QED) is 0.930. The molecule has 4 nitrogen and oxygen atoms in total. The highest BCUT2D eigenvalue weighted by molar-refractivity contribution is 5.32. The average Bonchev–Trinajstić information content (AvgIpc) is 2.63. The van der Waals surface area contributed by atoms with E-state index in [1.165, 1.54) is 0 Å². The molecule has 25 heavy (non-hydrogen) atoms. The summed E-state index contributed by atoms with van der Waals surface area (Å²) in [4.78, 5) is 2.36. The smallest absolute Gasteiger partial charge is 0.119 e. The Bertz CT molecular complexity index is 687. The van der Waals surface area contributed by atoms with Gasteiger partial charge in [-0.3, -0.25) is 4.90 Å². The van der Waals surface area contributed by atoms with Gasteiger partial charge in [0.25, 0.3) is 0 Å². The summed E-state index contributed by atoms with van der Waals surface area (Å²) >= 11 is 0. The second kappa shape index (κ2) is 6.79. The minimum atomic E-state index is -0.774. The lowest BCUT2D eigenvalue weighted by atomic mass is 9.77. The van der Waals surface area contributed by atoms with E-state index in [9.17, 15) is 5.11 Å². The number of nitrogens with zero attached hydrogens (tertiary/aromatic N) is 1. The molecular formula is C21H25NO3. The predicted octanol–water partition coefficient (Wildman–Crippen LogP) is 2.95. The van der Waals surface area contributed by atoms with Gasteiger partial charge in [-0.15, -0.1) is 0 Å². The summed E-state index contributed by atoms with van der Waals surface area (Å²) in [6.07, 6.45) is 1.43. The Labute approximate surface area is 149 Å². The summed E-state index contributed by atoms with van der Waals surface area (Å²) in [5, 5.41) is 11.2. The number of piperidine rings is 1. The molecule has 0 radical (unpaired) electrons. The summed E-state index contributed by atoms with van der Waals surface area (Å²) in [5.41, 5.74) is 1.35. The van der Waals surface area contributed by atoms with Gasteiger partial charge in [-0.05, 0) is 43.1 Å². The fraction of sp³-hybridized carbons (Fsp3) is 0.429. The van der Waals surface area contributed by atoms with Crippen LogP contribution < -0.4 is 4.74 Å². The van der Waals surface area contributed by atoms with Gasteiger partial charge in [-0.1, -0.05) is 42.5 Å². The second-order valence-corrected chi connectivity index (χ2v) is 7.25. The van der Waals surface area contributed by atoms with Crippen LogP contribution in [-0.2, 0) is 16.9 Å². The van der Waals surface area contributed by atoms with Crippen LogP contribution in [0.15, 0.2) is 54.6 Å². The predicted molar refractivity (Wildman–Crippen MR) is 96.5 cm³/mol. The van der Waals surface area contributed by atoms with Crippen LogP contribution in [0.3, 0.4) is 0 Å². The van der Waals surface area contributed by atoms with Gasteiger partial charge >= 0.3 is 0 Å². The van der Waals surface area contributed by atoms with Gasteiger partial charge < -0.3 is 14.6 Å². The Morgan fingerprint density at radius 3 is 2.32 bits per heavy atom. The molecule has 0 amide bonds. The van der Waals surface area contributed by atoms with Crippen LogP contribution in [0.25, 0.3) is 0 Å². The lowest BCUT2D eigenvalue weighted by molar-refractivity contribution is -0.137. The van der Waals surface area contributed by atoms with Gasteiger partial charge in [0.2, 0.25) is 0 Å². The number of ether oxygens (including phenoxy) is 2. The van der Waals surface area contributed by atoms with E-state index in [0.717, 1.165) is 16.9 Å². The van der Waals surface area contributed by atoms with Crippen molar-refractivity contribution in [2.45, 2.75) is 37.1 Å². The van der Waals surface area contributed by atoms with Gasteiger partial charge in [0, 0.05) is 12.1 Å². The van der Waals surface area contributed by atoms with Gasteiger partial charge in [0.05, 0.1) is 18.8 Å². The maximum atomic E-state index is 11.2. The van der Waals surface area contributed by atoms with Gasteiger partial charge in [-0.25, -0.2) is 0 Å². The normalized spacial score (nSPS) is 29.4. The van der Waals surface area contributed by atoms with Crippen molar-refractivity contribution in [1.29, 1.82) is 0 Å². The zero-order valence-corrected chi connectivity index (χ0v) is 14.6. The number of rotatable bonds is 4. The highest BCUT2D eigenvalue weighted by Crippen LogP contribution is 2.40. The first-order valence-electron chi connectivity index (χ1n) is 8.93. The molecule has 1 N–H and O–H groups in total. The summed E-state index contributed by atoms with van der Waals surface area (Å²) in [6, 6.07) is 18.6. The van der Waals surface area contributed by atoms with E-state index in [1.54, 1.807) is 0 Å². The van der Waals surface area contributed by atoms with E-state index in [-0.39, 0.29) is 12.1 Å². The van der Waals surface area contributed by atoms with Gasteiger partial charge in [0.15, 0.2) is 0 Å². The standard InChI is InChI=1S/C21H25NO3/c1-22-18-11-21(23,12-19(22)15-24-14-18)17-7-9-20(10-8-17)25-13-16-5-3-2-4-6-16/h2-10,18-19,23H,11-15H2,1H3. The van der Waals surface area contributed by atoms with Crippen LogP contribution in [0.5, 0.6) is 5.75 Å². The molecule has 4 rings (SSSR count). The molecule has 0 aliphatic carbocycles. The molecule has 2 fully saturated rings. The molecule has 2 saturated heterocycles. The third kappa shape index (κ3) is 3.43. The first kappa shape index (κ1) is 16.6. The number of morpholine rings is 1. The molecule has 0 aromatic heterocycles. The topological polar surface area (TPSA) is 41.9 Å². The van der Waals surface area contributed by atoms with Crippen LogP contribution >= 0.6 is 0 Å². The van der Waals surface area contributed by atoms with Crippen molar-refractivity contribution >= 4 is 0 Å². The maximum absolute atomic E-state index is 11.2. The molecule has 2 bridgehead atoms. The van der Waals surface area contributed by atoms with Crippen molar-refractivity contribution < 1.29 is 14.6 Å². The first-order valence-corrected chi connectivity index (χ1v) is 8.93. The lowest BCUT2D eigenvalue weighted by Crippen LogP contribution is -2.59.